The molecule has 1 atom stereocenters. The van der Waals surface area contributed by atoms with Gasteiger partial charge in [0, 0.05) is 5.57 Å². The Labute approximate surface area is 183 Å². The highest BCUT2D eigenvalue weighted by Gasteiger charge is 2.20. The number of terminal acetylenes is 1. The van der Waals surface area contributed by atoms with E-state index in [4.69, 9.17) is 4.74 Å². The van der Waals surface area contributed by atoms with Gasteiger partial charge in [-0.05, 0) is 44.2 Å². The number of esters is 1. The van der Waals surface area contributed by atoms with Crippen molar-refractivity contribution >= 4 is 11.5 Å². The molecule has 1 unspecified atom stereocenters. The van der Waals surface area contributed by atoms with Crippen molar-refractivity contribution in [3.05, 3.63) is 65.3 Å². The molecular weight excluding hydrogens is 370 g/mol. The van der Waals surface area contributed by atoms with E-state index in [9.17, 15) is 10.1 Å². The molecule has 0 bridgehead atoms. The number of carbonyl (C=O) groups excluding carboxylic acids is 1. The Morgan fingerprint density at radius 1 is 1.27 bits per heavy atom. The summed E-state index contributed by atoms with van der Waals surface area (Å²) in [5.74, 6) is 2.05. The minimum Gasteiger partial charge on any atom is -0.461 e. The standard InChI is InChI=1S/C24H31NO2.C3H4/c1-5-8-13-19(4)23(21-15-11-10-12-16-21)22(17-25)24(26)27-18-20(7-3)14-9-6-2;1-3-2/h5,8,10-13,15-16,20H,6-7,9,14,18H2,1-4H3;1H,2H3/b8-5-,19-13+,23-22-;. The fourth-order valence-electron chi connectivity index (χ4n) is 2.87. The minimum absolute atomic E-state index is 0.0600. The second kappa shape index (κ2) is 16.9. The summed E-state index contributed by atoms with van der Waals surface area (Å²) in [6, 6.07) is 11.6. The van der Waals surface area contributed by atoms with Crippen LogP contribution in [-0.4, -0.2) is 12.6 Å². The fourth-order valence-corrected chi connectivity index (χ4v) is 2.87. The second-order valence-corrected chi connectivity index (χ2v) is 6.91. The molecule has 0 amide bonds. The lowest BCUT2D eigenvalue weighted by molar-refractivity contribution is -0.139. The van der Waals surface area contributed by atoms with Crippen molar-refractivity contribution in [3.8, 4) is 18.4 Å². The number of unbranched alkanes of at least 4 members (excludes halogenated alkanes) is 1. The summed E-state index contributed by atoms with van der Waals surface area (Å²) in [5.41, 5.74) is 2.38. The summed E-state index contributed by atoms with van der Waals surface area (Å²) in [6.45, 7) is 10.1. The van der Waals surface area contributed by atoms with Gasteiger partial charge in [0.25, 0.3) is 0 Å². The van der Waals surface area contributed by atoms with E-state index in [1.54, 1.807) is 6.92 Å². The van der Waals surface area contributed by atoms with Crippen LogP contribution in [0.4, 0.5) is 0 Å². The molecule has 0 N–H and O–H groups in total. The molecule has 0 aliphatic rings. The number of benzene rings is 1. The zero-order chi connectivity index (χ0) is 22.8. The third-order valence-corrected chi connectivity index (χ3v) is 4.55. The van der Waals surface area contributed by atoms with Crippen molar-refractivity contribution in [1.29, 1.82) is 5.26 Å². The molecule has 1 aromatic carbocycles. The highest BCUT2D eigenvalue weighted by Crippen LogP contribution is 2.27. The lowest BCUT2D eigenvalue weighted by atomic mass is 9.93. The number of carbonyl (C=O) groups is 1. The van der Waals surface area contributed by atoms with Gasteiger partial charge in [0.2, 0.25) is 0 Å². The van der Waals surface area contributed by atoms with Crippen LogP contribution < -0.4 is 0 Å². The van der Waals surface area contributed by atoms with Crippen LogP contribution >= 0.6 is 0 Å². The summed E-state index contributed by atoms with van der Waals surface area (Å²) in [4.78, 5) is 12.7. The third-order valence-electron chi connectivity index (χ3n) is 4.55. The number of ether oxygens (including phenoxy) is 1. The first-order valence-electron chi connectivity index (χ1n) is 10.5. The van der Waals surface area contributed by atoms with Gasteiger partial charge < -0.3 is 4.74 Å². The zero-order valence-electron chi connectivity index (χ0n) is 19.1. The maximum atomic E-state index is 12.7. The van der Waals surface area contributed by atoms with E-state index < -0.39 is 5.97 Å². The predicted octanol–water partition coefficient (Wildman–Crippen LogP) is 6.89. The molecule has 0 aliphatic heterocycles. The van der Waals surface area contributed by atoms with Gasteiger partial charge in [0.05, 0.1) is 6.61 Å². The van der Waals surface area contributed by atoms with Crippen molar-refractivity contribution in [2.45, 2.75) is 60.3 Å². The number of hydrogen-bond donors (Lipinski definition) is 0. The van der Waals surface area contributed by atoms with E-state index >= 15 is 0 Å². The molecule has 1 rings (SSSR count). The molecule has 30 heavy (non-hydrogen) atoms. The van der Waals surface area contributed by atoms with Crippen LogP contribution in [0.1, 0.15) is 65.9 Å². The summed E-state index contributed by atoms with van der Waals surface area (Å²) < 4.78 is 5.54. The number of nitrogens with zero attached hydrogens (tertiary/aromatic N) is 1. The van der Waals surface area contributed by atoms with E-state index in [2.05, 4.69) is 32.3 Å². The molecule has 0 fully saturated rings. The molecule has 0 aromatic heterocycles. The van der Waals surface area contributed by atoms with Gasteiger partial charge in [-0.15, -0.1) is 12.3 Å². The highest BCUT2D eigenvalue weighted by molar-refractivity contribution is 6.05. The van der Waals surface area contributed by atoms with E-state index in [1.165, 1.54) is 0 Å². The second-order valence-electron chi connectivity index (χ2n) is 6.91. The Morgan fingerprint density at radius 2 is 1.90 bits per heavy atom. The van der Waals surface area contributed by atoms with Gasteiger partial charge >= 0.3 is 5.97 Å². The summed E-state index contributed by atoms with van der Waals surface area (Å²) >= 11 is 0. The average Bonchev–Trinajstić information content (AvgIpc) is 2.76. The Morgan fingerprint density at radius 3 is 2.40 bits per heavy atom. The molecule has 3 heteroatoms. The SMILES string of the molecule is C#CC.C\C=C/C=C(C)/C(=C(\C#N)C(=O)OCC(CC)CCCC)c1ccccc1. The lowest BCUT2D eigenvalue weighted by Crippen LogP contribution is -2.16. The molecular formula is C27H35NO2. The van der Waals surface area contributed by atoms with Crippen LogP contribution in [0.25, 0.3) is 5.57 Å². The highest BCUT2D eigenvalue weighted by atomic mass is 16.5. The summed E-state index contributed by atoms with van der Waals surface area (Å²) in [6.07, 6.45) is 14.6. The quantitative estimate of drug-likeness (QED) is 0.140. The van der Waals surface area contributed by atoms with Gasteiger partial charge in [0.15, 0.2) is 0 Å². The first-order valence-corrected chi connectivity index (χ1v) is 10.5. The summed E-state index contributed by atoms with van der Waals surface area (Å²) in [5, 5.41) is 9.71. The number of allylic oxidation sites excluding steroid dienone is 5. The van der Waals surface area contributed by atoms with Crippen LogP contribution in [-0.2, 0) is 9.53 Å². The molecule has 3 nitrogen and oxygen atoms in total. The fraction of sp³-hybridized carbons (Fsp3) is 0.407. The largest absolute Gasteiger partial charge is 0.461 e. The Hall–Kier alpha value is -3.04. The van der Waals surface area contributed by atoms with Gasteiger partial charge in [-0.1, -0.05) is 81.7 Å². The van der Waals surface area contributed by atoms with Crippen molar-refractivity contribution in [2.75, 3.05) is 6.61 Å². The van der Waals surface area contributed by atoms with Crippen LogP contribution in [0.3, 0.4) is 0 Å². The molecule has 0 saturated heterocycles. The average molecular weight is 406 g/mol. The van der Waals surface area contributed by atoms with Gasteiger partial charge in [-0.2, -0.15) is 5.26 Å². The third kappa shape index (κ3) is 9.94. The normalized spacial score (nSPS) is 12.7. The van der Waals surface area contributed by atoms with Gasteiger partial charge in [-0.3, -0.25) is 0 Å². The van der Waals surface area contributed by atoms with Crippen LogP contribution in [0, 0.1) is 29.6 Å². The first-order chi connectivity index (χ1) is 14.5. The van der Waals surface area contributed by atoms with E-state index in [-0.39, 0.29) is 5.57 Å². The van der Waals surface area contributed by atoms with Crippen molar-refractivity contribution in [2.24, 2.45) is 5.92 Å². The Balaban J connectivity index is 0.00000263. The predicted molar refractivity (Wildman–Crippen MR) is 126 cm³/mol. The summed E-state index contributed by atoms with van der Waals surface area (Å²) in [7, 11) is 0. The molecule has 0 heterocycles. The maximum absolute atomic E-state index is 12.7. The lowest BCUT2D eigenvalue weighted by Gasteiger charge is -2.16. The van der Waals surface area contributed by atoms with Gasteiger partial charge in [-0.25, -0.2) is 4.79 Å². The minimum atomic E-state index is -0.542. The smallest absolute Gasteiger partial charge is 0.349 e. The molecule has 160 valence electrons. The van der Waals surface area contributed by atoms with Crippen LogP contribution in [0.15, 0.2) is 59.7 Å². The van der Waals surface area contributed by atoms with Crippen molar-refractivity contribution in [3.63, 3.8) is 0 Å². The molecule has 1 aromatic rings. The molecule has 0 aliphatic carbocycles. The van der Waals surface area contributed by atoms with Crippen molar-refractivity contribution in [1.82, 2.24) is 0 Å². The van der Waals surface area contributed by atoms with E-state index in [0.717, 1.165) is 36.8 Å². The van der Waals surface area contributed by atoms with Crippen molar-refractivity contribution < 1.29 is 9.53 Å². The number of hydrogen-bond acceptors (Lipinski definition) is 3. The Bertz CT molecular complexity index is 802. The molecule has 0 radical (unpaired) electrons. The monoisotopic (exact) mass is 405 g/mol. The molecule has 0 spiro atoms. The van der Waals surface area contributed by atoms with Gasteiger partial charge in [0.1, 0.15) is 11.6 Å². The first kappa shape index (κ1) is 27.0. The van der Waals surface area contributed by atoms with Crippen LogP contribution in [0.5, 0.6) is 0 Å². The Kier molecular flexibility index (Phi) is 15.2. The number of rotatable bonds is 10. The molecule has 0 saturated carbocycles. The topological polar surface area (TPSA) is 50.1 Å². The van der Waals surface area contributed by atoms with E-state index in [1.807, 2.05) is 62.4 Å². The van der Waals surface area contributed by atoms with Crippen LogP contribution in [0.2, 0.25) is 0 Å². The zero-order valence-corrected chi connectivity index (χ0v) is 19.1. The van der Waals surface area contributed by atoms with E-state index in [0.29, 0.717) is 18.1 Å². The number of nitriles is 1. The maximum Gasteiger partial charge on any atom is 0.349 e.